The Morgan fingerprint density at radius 1 is 0.889 bits per heavy atom. The third-order valence-corrected chi connectivity index (χ3v) is 7.00. The molecule has 0 amide bonds. The molecule has 4 rings (SSSR count). The zero-order chi connectivity index (χ0) is 18.7. The second-order valence-electron chi connectivity index (χ2n) is 8.29. The maximum atomic E-state index is 13.2. The van der Waals surface area contributed by atoms with Crippen molar-refractivity contribution < 1.29 is 4.39 Å². The number of rotatable bonds is 4. The number of nitrogens with zero attached hydrogens (tertiary/aromatic N) is 1. The predicted octanol–water partition coefficient (Wildman–Crippen LogP) is 5.06. The van der Waals surface area contributed by atoms with Gasteiger partial charge in [-0.3, -0.25) is 0 Å². The third kappa shape index (κ3) is 3.95. The van der Waals surface area contributed by atoms with Crippen molar-refractivity contribution in [2.45, 2.75) is 56.0 Å². The van der Waals surface area contributed by atoms with Crippen LogP contribution >= 0.6 is 0 Å². The molecule has 0 spiro atoms. The van der Waals surface area contributed by atoms with Crippen molar-refractivity contribution in [3.8, 4) is 0 Å². The van der Waals surface area contributed by atoms with Crippen LogP contribution in [0.1, 0.15) is 55.6 Å². The molecule has 2 nitrogen and oxygen atoms in total. The van der Waals surface area contributed by atoms with E-state index in [-0.39, 0.29) is 11.4 Å². The molecule has 1 saturated carbocycles. The van der Waals surface area contributed by atoms with Gasteiger partial charge in [0, 0.05) is 11.6 Å². The minimum absolute atomic E-state index is 0.134. The number of likely N-dealkylation sites (tertiary alicyclic amines) is 1. The van der Waals surface area contributed by atoms with Crippen LogP contribution in [0.2, 0.25) is 0 Å². The van der Waals surface area contributed by atoms with Crippen LogP contribution < -0.4 is 5.32 Å². The van der Waals surface area contributed by atoms with Gasteiger partial charge in [-0.15, -0.1) is 0 Å². The van der Waals surface area contributed by atoms with Crippen LogP contribution in [0.4, 0.5) is 4.39 Å². The minimum atomic E-state index is -0.134. The summed E-state index contributed by atoms with van der Waals surface area (Å²) < 4.78 is 13.2. The summed E-state index contributed by atoms with van der Waals surface area (Å²) >= 11 is 0. The van der Waals surface area contributed by atoms with E-state index in [4.69, 9.17) is 0 Å². The highest BCUT2D eigenvalue weighted by Crippen LogP contribution is 2.40. The monoisotopic (exact) mass is 366 g/mol. The summed E-state index contributed by atoms with van der Waals surface area (Å²) in [7, 11) is 2.11. The highest BCUT2D eigenvalue weighted by atomic mass is 19.1. The summed E-state index contributed by atoms with van der Waals surface area (Å²) in [6.45, 7) is 2.34. The number of nitrogens with one attached hydrogen (secondary N) is 1. The SMILES string of the molecule is CN[C@]1(c2ccccc2)CC[C@@H](N2CCC(c3ccc(F)cc3)CC2)CC1. The van der Waals surface area contributed by atoms with Crippen molar-refractivity contribution in [1.82, 2.24) is 10.2 Å². The molecule has 1 heterocycles. The Bertz CT molecular complexity index is 712. The van der Waals surface area contributed by atoms with E-state index in [0.29, 0.717) is 12.0 Å². The molecule has 3 heteroatoms. The standard InChI is InChI=1S/C24H31FN2/c1-26-24(21-5-3-2-4-6-21)15-11-23(12-16-24)27-17-13-20(14-18-27)19-7-9-22(25)10-8-19/h2-10,20,23,26H,11-18H2,1H3/t23-,24-. The molecule has 27 heavy (non-hydrogen) atoms. The molecule has 1 N–H and O–H groups in total. The van der Waals surface area contributed by atoms with Crippen molar-refractivity contribution in [2.24, 2.45) is 0 Å². The molecule has 2 fully saturated rings. The lowest BCUT2D eigenvalue weighted by atomic mass is 9.74. The Morgan fingerprint density at radius 3 is 2.11 bits per heavy atom. The topological polar surface area (TPSA) is 15.3 Å². The Kier molecular flexibility index (Phi) is 5.60. The van der Waals surface area contributed by atoms with Crippen LogP contribution in [0.25, 0.3) is 0 Å². The van der Waals surface area contributed by atoms with Gasteiger partial charge in [0.15, 0.2) is 0 Å². The van der Waals surface area contributed by atoms with Gasteiger partial charge in [-0.2, -0.15) is 0 Å². The Hall–Kier alpha value is -1.71. The first-order chi connectivity index (χ1) is 13.2. The van der Waals surface area contributed by atoms with E-state index in [0.717, 1.165) is 0 Å². The number of halogens is 1. The Labute approximate surface area is 162 Å². The van der Waals surface area contributed by atoms with E-state index in [1.54, 1.807) is 12.1 Å². The number of benzene rings is 2. The lowest BCUT2D eigenvalue weighted by Gasteiger charge is -2.45. The molecule has 0 bridgehead atoms. The largest absolute Gasteiger partial charge is 0.310 e. The lowest BCUT2D eigenvalue weighted by Crippen LogP contribution is -2.49. The van der Waals surface area contributed by atoms with Crippen LogP contribution in [0.5, 0.6) is 0 Å². The first kappa shape index (κ1) is 18.6. The quantitative estimate of drug-likeness (QED) is 0.813. The van der Waals surface area contributed by atoms with E-state index in [2.05, 4.69) is 47.6 Å². The normalized spacial score (nSPS) is 27.6. The molecule has 2 aliphatic rings. The van der Waals surface area contributed by atoms with Crippen molar-refractivity contribution in [3.63, 3.8) is 0 Å². The second-order valence-corrected chi connectivity index (χ2v) is 8.29. The first-order valence-electron chi connectivity index (χ1n) is 10.4. The van der Waals surface area contributed by atoms with Crippen LogP contribution in [0.3, 0.4) is 0 Å². The van der Waals surface area contributed by atoms with Crippen molar-refractivity contribution in [2.75, 3.05) is 20.1 Å². The average molecular weight is 367 g/mol. The molecular formula is C24H31FN2. The van der Waals surface area contributed by atoms with Gasteiger partial charge < -0.3 is 10.2 Å². The summed E-state index contributed by atoms with van der Waals surface area (Å²) in [5.74, 6) is 0.455. The van der Waals surface area contributed by atoms with E-state index < -0.39 is 0 Å². The fourth-order valence-electron chi connectivity index (χ4n) is 5.23. The van der Waals surface area contributed by atoms with Crippen LogP contribution in [-0.4, -0.2) is 31.1 Å². The average Bonchev–Trinajstić information content (AvgIpc) is 2.75. The molecule has 2 aromatic carbocycles. The first-order valence-corrected chi connectivity index (χ1v) is 10.4. The van der Waals surface area contributed by atoms with Crippen LogP contribution in [0.15, 0.2) is 54.6 Å². The van der Waals surface area contributed by atoms with Crippen molar-refractivity contribution in [3.05, 3.63) is 71.5 Å². The zero-order valence-electron chi connectivity index (χ0n) is 16.3. The van der Waals surface area contributed by atoms with Gasteiger partial charge in [0.2, 0.25) is 0 Å². The van der Waals surface area contributed by atoms with Crippen molar-refractivity contribution >= 4 is 0 Å². The smallest absolute Gasteiger partial charge is 0.123 e. The molecule has 2 aromatic rings. The van der Waals surface area contributed by atoms with Gasteiger partial charge >= 0.3 is 0 Å². The summed E-state index contributed by atoms with van der Waals surface area (Å²) in [6, 6.07) is 18.8. The summed E-state index contributed by atoms with van der Waals surface area (Å²) in [6.07, 6.45) is 7.32. The molecule has 0 atom stereocenters. The Balaban J connectivity index is 1.33. The zero-order valence-corrected chi connectivity index (χ0v) is 16.3. The summed E-state index contributed by atoms with van der Waals surface area (Å²) in [5.41, 5.74) is 2.88. The molecule has 144 valence electrons. The van der Waals surface area contributed by atoms with Gasteiger partial charge in [-0.1, -0.05) is 42.5 Å². The van der Waals surface area contributed by atoms with Crippen LogP contribution in [0, 0.1) is 5.82 Å². The molecule has 0 unspecified atom stereocenters. The lowest BCUT2D eigenvalue weighted by molar-refractivity contribution is 0.0900. The third-order valence-electron chi connectivity index (χ3n) is 7.00. The van der Waals surface area contributed by atoms with E-state index in [9.17, 15) is 4.39 Å². The highest BCUT2D eigenvalue weighted by Gasteiger charge is 2.37. The fourth-order valence-corrected chi connectivity index (χ4v) is 5.23. The summed E-state index contributed by atoms with van der Waals surface area (Å²) in [4.78, 5) is 2.71. The van der Waals surface area contributed by atoms with Gasteiger partial charge in [-0.25, -0.2) is 4.39 Å². The number of hydrogen-bond acceptors (Lipinski definition) is 2. The van der Waals surface area contributed by atoms with E-state index >= 15 is 0 Å². The second kappa shape index (κ2) is 8.12. The molecular weight excluding hydrogens is 335 g/mol. The van der Waals surface area contributed by atoms with E-state index in [1.165, 1.54) is 62.7 Å². The molecule has 1 aliphatic heterocycles. The van der Waals surface area contributed by atoms with Gasteiger partial charge in [0.1, 0.15) is 5.82 Å². The maximum Gasteiger partial charge on any atom is 0.123 e. The van der Waals surface area contributed by atoms with Gasteiger partial charge in [0.25, 0.3) is 0 Å². The number of hydrogen-bond donors (Lipinski definition) is 1. The Morgan fingerprint density at radius 2 is 1.52 bits per heavy atom. The van der Waals surface area contributed by atoms with Crippen molar-refractivity contribution in [1.29, 1.82) is 0 Å². The van der Waals surface area contributed by atoms with E-state index in [1.807, 2.05) is 12.1 Å². The highest BCUT2D eigenvalue weighted by molar-refractivity contribution is 5.25. The maximum absolute atomic E-state index is 13.2. The fraction of sp³-hybridized carbons (Fsp3) is 0.500. The van der Waals surface area contributed by atoms with Gasteiger partial charge in [0.05, 0.1) is 0 Å². The molecule has 0 aromatic heterocycles. The molecule has 0 radical (unpaired) electrons. The molecule has 1 aliphatic carbocycles. The number of piperidine rings is 1. The van der Waals surface area contributed by atoms with Gasteiger partial charge in [-0.05, 0) is 87.8 Å². The predicted molar refractivity (Wildman–Crippen MR) is 109 cm³/mol. The molecule has 1 saturated heterocycles. The minimum Gasteiger partial charge on any atom is -0.310 e. The summed E-state index contributed by atoms with van der Waals surface area (Å²) in [5, 5.41) is 3.64. The van der Waals surface area contributed by atoms with Crippen LogP contribution in [-0.2, 0) is 5.54 Å².